The Morgan fingerprint density at radius 2 is 2.24 bits per heavy atom. The molecule has 2 rings (SSSR count). The van der Waals surface area contributed by atoms with Crippen LogP contribution in [0, 0.1) is 17.2 Å². The topological polar surface area (TPSA) is 71.8 Å². The Labute approximate surface area is 99.3 Å². The van der Waals surface area contributed by atoms with Crippen LogP contribution < -0.4 is 5.73 Å². The molecular weight excluding hydrogens is 214 g/mol. The maximum atomic E-state index is 11.1. The Bertz CT molecular complexity index is 607. The number of carbonyl (C=O) groups is 1. The fourth-order valence-corrected chi connectivity index (χ4v) is 2.02. The first-order valence-corrected chi connectivity index (χ1v) is 5.35. The smallest absolute Gasteiger partial charge is 0.235 e. The van der Waals surface area contributed by atoms with Crippen molar-refractivity contribution < 1.29 is 4.79 Å². The van der Waals surface area contributed by atoms with Crippen molar-refractivity contribution in [2.75, 3.05) is 0 Å². The van der Waals surface area contributed by atoms with Gasteiger partial charge in [0.1, 0.15) is 5.92 Å². The molecule has 0 radical (unpaired) electrons. The zero-order chi connectivity index (χ0) is 12.4. The van der Waals surface area contributed by atoms with Crippen molar-refractivity contribution >= 4 is 16.8 Å². The Hall–Kier alpha value is -2.28. The van der Waals surface area contributed by atoms with Gasteiger partial charge in [-0.2, -0.15) is 5.26 Å². The minimum absolute atomic E-state index is 0.368. The summed E-state index contributed by atoms with van der Waals surface area (Å²) in [6.45, 7) is 0. The van der Waals surface area contributed by atoms with E-state index in [-0.39, 0.29) is 0 Å². The molecule has 0 saturated carbocycles. The molecule has 0 aliphatic carbocycles. The molecule has 1 amide bonds. The quantitative estimate of drug-likeness (QED) is 0.859. The average Bonchev–Trinajstić information content (AvgIpc) is 2.63. The SMILES string of the molecule is Cn1cc(CC(C#N)C(N)=O)c2ccccc21. The predicted octanol–water partition coefficient (Wildman–Crippen LogP) is 1.35. The highest BCUT2D eigenvalue weighted by atomic mass is 16.1. The third-order valence-electron chi connectivity index (χ3n) is 2.90. The van der Waals surface area contributed by atoms with Crippen molar-refractivity contribution in [1.29, 1.82) is 5.26 Å². The lowest BCUT2D eigenvalue weighted by Crippen LogP contribution is -2.23. The lowest BCUT2D eigenvalue weighted by Gasteiger charge is -2.02. The van der Waals surface area contributed by atoms with Crippen LogP contribution in [0.15, 0.2) is 30.5 Å². The number of carbonyl (C=O) groups excluding carboxylic acids is 1. The highest BCUT2D eigenvalue weighted by Crippen LogP contribution is 2.22. The highest BCUT2D eigenvalue weighted by Gasteiger charge is 2.17. The van der Waals surface area contributed by atoms with Gasteiger partial charge in [-0.25, -0.2) is 0 Å². The van der Waals surface area contributed by atoms with Crippen LogP contribution >= 0.6 is 0 Å². The molecule has 2 N–H and O–H groups in total. The molecule has 0 fully saturated rings. The van der Waals surface area contributed by atoms with Crippen LogP contribution in [0.3, 0.4) is 0 Å². The van der Waals surface area contributed by atoms with Crippen LogP contribution in [0.2, 0.25) is 0 Å². The number of hydrogen-bond donors (Lipinski definition) is 1. The van der Waals surface area contributed by atoms with E-state index in [0.29, 0.717) is 6.42 Å². The van der Waals surface area contributed by atoms with Crippen LogP contribution in [0.5, 0.6) is 0 Å². The van der Waals surface area contributed by atoms with E-state index in [9.17, 15) is 4.79 Å². The monoisotopic (exact) mass is 227 g/mol. The maximum absolute atomic E-state index is 11.1. The van der Waals surface area contributed by atoms with Gasteiger partial charge in [-0.05, 0) is 18.1 Å². The Morgan fingerprint density at radius 1 is 1.53 bits per heavy atom. The van der Waals surface area contributed by atoms with Crippen LogP contribution in [-0.2, 0) is 18.3 Å². The fraction of sp³-hybridized carbons (Fsp3) is 0.231. The molecule has 0 saturated heterocycles. The molecule has 4 nitrogen and oxygen atoms in total. The number of amides is 1. The van der Waals surface area contributed by atoms with Crippen molar-refractivity contribution in [2.24, 2.45) is 18.7 Å². The summed E-state index contributed by atoms with van der Waals surface area (Å²) in [4.78, 5) is 11.1. The molecule has 0 bridgehead atoms. The van der Waals surface area contributed by atoms with Gasteiger partial charge < -0.3 is 10.3 Å². The highest BCUT2D eigenvalue weighted by molar-refractivity contribution is 5.85. The van der Waals surface area contributed by atoms with Gasteiger partial charge in [0.15, 0.2) is 0 Å². The van der Waals surface area contributed by atoms with Gasteiger partial charge >= 0.3 is 0 Å². The summed E-state index contributed by atoms with van der Waals surface area (Å²) in [5.74, 6) is -1.33. The van der Waals surface area contributed by atoms with E-state index < -0.39 is 11.8 Å². The first kappa shape index (κ1) is 11.2. The molecule has 0 spiro atoms. The molecule has 2 aromatic rings. The Kier molecular flexibility index (Phi) is 2.84. The third kappa shape index (κ3) is 2.00. The predicted molar refractivity (Wildman–Crippen MR) is 64.9 cm³/mol. The number of fused-ring (bicyclic) bond motifs is 1. The number of nitriles is 1. The van der Waals surface area contributed by atoms with Crippen molar-refractivity contribution in [3.8, 4) is 6.07 Å². The minimum Gasteiger partial charge on any atom is -0.369 e. The molecule has 1 unspecified atom stereocenters. The second kappa shape index (κ2) is 4.30. The number of aromatic nitrogens is 1. The Morgan fingerprint density at radius 3 is 2.88 bits per heavy atom. The molecule has 1 aromatic carbocycles. The Balaban J connectivity index is 2.43. The number of nitrogens with zero attached hydrogens (tertiary/aromatic N) is 2. The number of hydrogen-bond acceptors (Lipinski definition) is 2. The molecule has 17 heavy (non-hydrogen) atoms. The van der Waals surface area contributed by atoms with E-state index in [1.165, 1.54) is 0 Å². The van der Waals surface area contributed by atoms with Gasteiger partial charge in [0.05, 0.1) is 6.07 Å². The van der Waals surface area contributed by atoms with Gasteiger partial charge in [0, 0.05) is 24.1 Å². The number of nitrogens with two attached hydrogens (primary N) is 1. The number of benzene rings is 1. The molecule has 0 aliphatic heterocycles. The van der Waals surface area contributed by atoms with Gasteiger partial charge in [0.2, 0.25) is 5.91 Å². The molecule has 1 aromatic heterocycles. The largest absolute Gasteiger partial charge is 0.369 e. The van der Waals surface area contributed by atoms with Gasteiger partial charge in [0.25, 0.3) is 0 Å². The van der Waals surface area contributed by atoms with Crippen LogP contribution in [0.4, 0.5) is 0 Å². The van der Waals surface area contributed by atoms with Crippen molar-refractivity contribution in [2.45, 2.75) is 6.42 Å². The number of primary amides is 1. The molecule has 4 heteroatoms. The van der Waals surface area contributed by atoms with E-state index in [0.717, 1.165) is 16.5 Å². The van der Waals surface area contributed by atoms with E-state index >= 15 is 0 Å². The second-order valence-electron chi connectivity index (χ2n) is 4.07. The van der Waals surface area contributed by atoms with Gasteiger partial charge in [-0.1, -0.05) is 18.2 Å². The first-order chi connectivity index (χ1) is 8.13. The van der Waals surface area contributed by atoms with Crippen molar-refractivity contribution in [3.05, 3.63) is 36.0 Å². The molecule has 86 valence electrons. The normalized spacial score (nSPS) is 12.2. The average molecular weight is 227 g/mol. The zero-order valence-corrected chi connectivity index (χ0v) is 9.55. The first-order valence-electron chi connectivity index (χ1n) is 5.35. The van der Waals surface area contributed by atoms with Crippen LogP contribution in [-0.4, -0.2) is 10.5 Å². The summed E-state index contributed by atoms with van der Waals surface area (Å²) < 4.78 is 1.99. The van der Waals surface area contributed by atoms with Gasteiger partial charge in [-0.3, -0.25) is 4.79 Å². The number of para-hydroxylation sites is 1. The second-order valence-corrected chi connectivity index (χ2v) is 4.07. The summed E-state index contributed by atoms with van der Waals surface area (Å²) in [5.41, 5.74) is 7.24. The lowest BCUT2D eigenvalue weighted by atomic mass is 10.00. The molecular formula is C13H13N3O. The summed E-state index contributed by atoms with van der Waals surface area (Å²) in [5, 5.41) is 9.95. The molecule has 1 atom stereocenters. The minimum atomic E-state index is -0.763. The number of rotatable bonds is 3. The van der Waals surface area contributed by atoms with Gasteiger partial charge in [-0.15, -0.1) is 0 Å². The number of aryl methyl sites for hydroxylation is 1. The van der Waals surface area contributed by atoms with Crippen LogP contribution in [0.1, 0.15) is 5.56 Å². The van der Waals surface area contributed by atoms with E-state index in [1.807, 2.05) is 48.1 Å². The molecule has 1 heterocycles. The standard InChI is InChI=1S/C13H13N3O/c1-16-8-10(6-9(7-14)13(15)17)11-4-2-3-5-12(11)16/h2-5,8-9H,6H2,1H3,(H2,15,17). The fourth-order valence-electron chi connectivity index (χ4n) is 2.02. The summed E-state index contributed by atoms with van der Waals surface area (Å²) >= 11 is 0. The van der Waals surface area contributed by atoms with Crippen molar-refractivity contribution in [3.63, 3.8) is 0 Å². The summed E-state index contributed by atoms with van der Waals surface area (Å²) in [6, 6.07) is 9.83. The van der Waals surface area contributed by atoms with Crippen LogP contribution in [0.25, 0.3) is 10.9 Å². The summed E-state index contributed by atoms with van der Waals surface area (Å²) in [7, 11) is 1.94. The lowest BCUT2D eigenvalue weighted by molar-refractivity contribution is -0.120. The maximum Gasteiger partial charge on any atom is 0.235 e. The molecule has 0 aliphatic rings. The van der Waals surface area contributed by atoms with E-state index in [4.69, 9.17) is 11.0 Å². The van der Waals surface area contributed by atoms with E-state index in [1.54, 1.807) is 0 Å². The zero-order valence-electron chi connectivity index (χ0n) is 9.55. The van der Waals surface area contributed by atoms with E-state index in [2.05, 4.69) is 0 Å². The van der Waals surface area contributed by atoms with Crippen molar-refractivity contribution in [1.82, 2.24) is 4.57 Å². The third-order valence-corrected chi connectivity index (χ3v) is 2.90. The summed E-state index contributed by atoms with van der Waals surface area (Å²) in [6.07, 6.45) is 2.31.